The Morgan fingerprint density at radius 2 is 2.00 bits per heavy atom. The smallest absolute Gasteiger partial charge is 0.244 e. The van der Waals surface area contributed by atoms with Crippen LogP contribution in [-0.4, -0.2) is 10.9 Å². The molecule has 100 valence electrons. The topological polar surface area (TPSA) is 56.0 Å². The summed E-state index contributed by atoms with van der Waals surface area (Å²) in [4.78, 5) is 15.6. The predicted molar refractivity (Wildman–Crippen MR) is 79.1 cm³/mol. The second-order valence-electron chi connectivity index (χ2n) is 5.24. The molecule has 1 aromatic carbocycles. The number of hydrogen-bond acceptors (Lipinski definition) is 2. The fraction of sp³-hybridized carbons (Fsp3) is 0.176. The standard InChI is InChI=1S/C17H16N2O/c1-11-2-4-12(5-3-11)6-14-9-19-10-15-7-13(17(18)20)8-16(14)15/h2-5,8-10H,6-7H2,1H3,(H2,18,20). The van der Waals surface area contributed by atoms with E-state index >= 15 is 0 Å². The van der Waals surface area contributed by atoms with E-state index in [9.17, 15) is 4.79 Å². The molecule has 2 N–H and O–H groups in total. The first-order valence-electron chi connectivity index (χ1n) is 6.65. The summed E-state index contributed by atoms with van der Waals surface area (Å²) in [7, 11) is 0. The van der Waals surface area contributed by atoms with Crippen LogP contribution in [0.2, 0.25) is 0 Å². The van der Waals surface area contributed by atoms with Crippen LogP contribution < -0.4 is 5.73 Å². The van der Waals surface area contributed by atoms with Crippen molar-refractivity contribution < 1.29 is 4.79 Å². The van der Waals surface area contributed by atoms with Gasteiger partial charge in [-0.05, 0) is 41.7 Å². The first-order valence-corrected chi connectivity index (χ1v) is 6.65. The molecule has 3 heteroatoms. The number of benzene rings is 1. The van der Waals surface area contributed by atoms with E-state index < -0.39 is 0 Å². The molecule has 0 atom stereocenters. The van der Waals surface area contributed by atoms with Gasteiger partial charge in [-0.15, -0.1) is 0 Å². The van der Waals surface area contributed by atoms with Gasteiger partial charge in [0.2, 0.25) is 5.91 Å². The van der Waals surface area contributed by atoms with Crippen molar-refractivity contribution in [3.8, 4) is 0 Å². The molecule has 1 aliphatic rings. The largest absolute Gasteiger partial charge is 0.366 e. The molecule has 3 nitrogen and oxygen atoms in total. The molecule has 0 radical (unpaired) electrons. The van der Waals surface area contributed by atoms with Gasteiger partial charge < -0.3 is 5.73 Å². The molecule has 0 saturated heterocycles. The van der Waals surface area contributed by atoms with E-state index in [2.05, 4.69) is 36.2 Å². The third-order valence-electron chi connectivity index (χ3n) is 3.68. The number of fused-ring (bicyclic) bond motifs is 1. The Morgan fingerprint density at radius 1 is 1.25 bits per heavy atom. The van der Waals surface area contributed by atoms with Crippen molar-refractivity contribution in [2.24, 2.45) is 5.73 Å². The SMILES string of the molecule is Cc1ccc(Cc2cncc3c2C=C(C(N)=O)C3)cc1. The predicted octanol–water partition coefficient (Wildman–Crippen LogP) is 2.41. The number of carbonyl (C=O) groups is 1. The molecular weight excluding hydrogens is 248 g/mol. The van der Waals surface area contributed by atoms with Crippen molar-refractivity contribution in [1.29, 1.82) is 0 Å². The van der Waals surface area contributed by atoms with Gasteiger partial charge >= 0.3 is 0 Å². The fourth-order valence-electron chi connectivity index (χ4n) is 2.54. The van der Waals surface area contributed by atoms with E-state index in [0.29, 0.717) is 12.0 Å². The number of carbonyl (C=O) groups excluding carboxylic acids is 1. The van der Waals surface area contributed by atoms with Gasteiger partial charge in [-0.25, -0.2) is 0 Å². The monoisotopic (exact) mass is 264 g/mol. The van der Waals surface area contributed by atoms with Gasteiger partial charge in [0.15, 0.2) is 0 Å². The van der Waals surface area contributed by atoms with Crippen LogP contribution in [0.3, 0.4) is 0 Å². The van der Waals surface area contributed by atoms with Crippen molar-refractivity contribution >= 4 is 12.0 Å². The second-order valence-corrected chi connectivity index (χ2v) is 5.24. The Labute approximate surface area is 118 Å². The molecule has 0 spiro atoms. The van der Waals surface area contributed by atoms with Gasteiger partial charge in [-0.2, -0.15) is 0 Å². The van der Waals surface area contributed by atoms with Crippen LogP contribution in [0.25, 0.3) is 6.08 Å². The molecule has 0 saturated carbocycles. The third-order valence-corrected chi connectivity index (χ3v) is 3.68. The van der Waals surface area contributed by atoms with Gasteiger partial charge in [0.1, 0.15) is 0 Å². The number of aromatic nitrogens is 1. The lowest BCUT2D eigenvalue weighted by atomic mass is 9.99. The van der Waals surface area contributed by atoms with Crippen LogP contribution in [0.1, 0.15) is 27.8 Å². The van der Waals surface area contributed by atoms with Crippen molar-refractivity contribution in [1.82, 2.24) is 4.98 Å². The van der Waals surface area contributed by atoms with E-state index in [1.165, 1.54) is 11.1 Å². The minimum Gasteiger partial charge on any atom is -0.366 e. The summed E-state index contributed by atoms with van der Waals surface area (Å²) in [5.74, 6) is -0.345. The highest BCUT2D eigenvalue weighted by Crippen LogP contribution is 2.28. The lowest BCUT2D eigenvalue weighted by Crippen LogP contribution is -2.13. The van der Waals surface area contributed by atoms with E-state index in [1.54, 1.807) is 0 Å². The fourth-order valence-corrected chi connectivity index (χ4v) is 2.54. The molecular formula is C17H16N2O. The van der Waals surface area contributed by atoms with Gasteiger partial charge in [0.05, 0.1) is 0 Å². The number of hydrogen-bond donors (Lipinski definition) is 1. The van der Waals surface area contributed by atoms with Crippen molar-refractivity contribution in [3.05, 3.63) is 70.0 Å². The molecule has 1 amide bonds. The van der Waals surface area contributed by atoms with E-state index in [1.807, 2.05) is 18.5 Å². The molecule has 1 aromatic heterocycles. The summed E-state index contributed by atoms with van der Waals surface area (Å²) in [6, 6.07) is 8.47. The Bertz CT molecular complexity index is 699. The zero-order valence-electron chi connectivity index (χ0n) is 11.4. The lowest BCUT2D eigenvalue weighted by molar-refractivity contribution is -0.114. The summed E-state index contributed by atoms with van der Waals surface area (Å²) in [6.07, 6.45) is 7.01. The number of nitrogens with zero attached hydrogens (tertiary/aromatic N) is 1. The Balaban J connectivity index is 1.94. The minimum absolute atomic E-state index is 0.345. The number of amides is 1. The maximum Gasteiger partial charge on any atom is 0.244 e. The summed E-state index contributed by atoms with van der Waals surface area (Å²) >= 11 is 0. The summed E-state index contributed by atoms with van der Waals surface area (Å²) in [5.41, 5.74) is 11.9. The number of aryl methyl sites for hydroxylation is 1. The second kappa shape index (κ2) is 4.93. The molecule has 0 bridgehead atoms. The van der Waals surface area contributed by atoms with Crippen LogP contribution in [0, 0.1) is 6.92 Å². The van der Waals surface area contributed by atoms with Gasteiger partial charge in [0, 0.05) is 24.4 Å². The zero-order chi connectivity index (χ0) is 14.1. The first kappa shape index (κ1) is 12.6. The highest BCUT2D eigenvalue weighted by Gasteiger charge is 2.19. The van der Waals surface area contributed by atoms with Gasteiger partial charge in [-0.3, -0.25) is 9.78 Å². The van der Waals surface area contributed by atoms with Crippen molar-refractivity contribution in [3.63, 3.8) is 0 Å². The molecule has 1 heterocycles. The quantitative estimate of drug-likeness (QED) is 0.925. The molecule has 0 unspecified atom stereocenters. The molecule has 0 fully saturated rings. The average Bonchev–Trinajstić information content (AvgIpc) is 2.87. The van der Waals surface area contributed by atoms with Crippen LogP contribution >= 0.6 is 0 Å². The van der Waals surface area contributed by atoms with E-state index in [-0.39, 0.29) is 5.91 Å². The van der Waals surface area contributed by atoms with Crippen LogP contribution in [0.4, 0.5) is 0 Å². The van der Waals surface area contributed by atoms with Crippen molar-refractivity contribution in [2.75, 3.05) is 0 Å². The summed E-state index contributed by atoms with van der Waals surface area (Å²) in [5, 5.41) is 0. The number of primary amides is 1. The highest BCUT2D eigenvalue weighted by atomic mass is 16.1. The van der Waals surface area contributed by atoms with E-state index in [0.717, 1.165) is 23.1 Å². The first-order chi connectivity index (χ1) is 9.63. The Hall–Kier alpha value is -2.42. The normalized spacial score (nSPS) is 12.9. The van der Waals surface area contributed by atoms with Crippen molar-refractivity contribution in [2.45, 2.75) is 19.8 Å². The average molecular weight is 264 g/mol. The Morgan fingerprint density at radius 3 is 2.70 bits per heavy atom. The van der Waals surface area contributed by atoms with Gasteiger partial charge in [0.25, 0.3) is 0 Å². The van der Waals surface area contributed by atoms with Crippen LogP contribution in [0.5, 0.6) is 0 Å². The van der Waals surface area contributed by atoms with E-state index in [4.69, 9.17) is 5.73 Å². The Kier molecular flexibility index (Phi) is 3.11. The number of pyridine rings is 1. The molecule has 2 aromatic rings. The summed E-state index contributed by atoms with van der Waals surface area (Å²) in [6.45, 7) is 2.08. The number of nitrogens with two attached hydrogens (primary N) is 1. The molecule has 0 aliphatic heterocycles. The third kappa shape index (κ3) is 2.35. The van der Waals surface area contributed by atoms with Gasteiger partial charge in [-0.1, -0.05) is 29.8 Å². The van der Waals surface area contributed by atoms with Crippen LogP contribution in [0.15, 0.2) is 42.2 Å². The molecule has 1 aliphatic carbocycles. The number of rotatable bonds is 3. The minimum atomic E-state index is -0.345. The summed E-state index contributed by atoms with van der Waals surface area (Å²) < 4.78 is 0. The maximum absolute atomic E-state index is 11.3. The molecule has 20 heavy (non-hydrogen) atoms. The molecule has 3 rings (SSSR count). The highest BCUT2D eigenvalue weighted by molar-refractivity contribution is 5.99. The maximum atomic E-state index is 11.3. The van der Waals surface area contributed by atoms with Crippen LogP contribution in [-0.2, 0) is 17.6 Å². The lowest BCUT2D eigenvalue weighted by Gasteiger charge is -2.07. The zero-order valence-corrected chi connectivity index (χ0v) is 11.4.